The second kappa shape index (κ2) is 7.87. The van der Waals surface area contributed by atoms with Crippen LogP contribution in [0.15, 0.2) is 36.4 Å². The third kappa shape index (κ3) is 3.72. The number of hydrogen-bond acceptors (Lipinski definition) is 3. The van der Waals surface area contributed by atoms with Crippen LogP contribution in [0, 0.1) is 19.7 Å². The normalized spacial score (nSPS) is 14.4. The number of nitrogens with one attached hydrogen (secondary N) is 2. The van der Waals surface area contributed by atoms with E-state index in [4.69, 9.17) is 0 Å². The average Bonchev–Trinajstić information content (AvgIpc) is 2.97. The molecular formula is C23H27FN4O. The monoisotopic (exact) mass is 394 g/mol. The number of rotatable bonds is 4. The van der Waals surface area contributed by atoms with E-state index in [1.165, 1.54) is 23.4 Å². The highest BCUT2D eigenvalue weighted by atomic mass is 19.1. The van der Waals surface area contributed by atoms with Crippen LogP contribution in [0.25, 0.3) is 10.9 Å². The van der Waals surface area contributed by atoms with Crippen LogP contribution in [0.2, 0.25) is 0 Å². The Hall–Kier alpha value is -2.86. The van der Waals surface area contributed by atoms with Crippen LogP contribution in [0.5, 0.6) is 0 Å². The van der Waals surface area contributed by atoms with Crippen LogP contribution in [0.4, 0.5) is 10.1 Å². The van der Waals surface area contributed by atoms with Crippen LogP contribution in [0.1, 0.15) is 27.2 Å². The van der Waals surface area contributed by atoms with E-state index in [1.54, 1.807) is 12.1 Å². The Morgan fingerprint density at radius 1 is 1.14 bits per heavy atom. The lowest BCUT2D eigenvalue weighted by atomic mass is 10.1. The maximum atomic E-state index is 13.2. The Kier molecular flexibility index (Phi) is 5.28. The molecule has 1 amide bonds. The Labute approximate surface area is 170 Å². The van der Waals surface area contributed by atoms with Crippen molar-refractivity contribution in [2.24, 2.45) is 7.05 Å². The quantitative estimate of drug-likeness (QED) is 0.711. The average molecular weight is 394 g/mol. The van der Waals surface area contributed by atoms with Crippen LogP contribution in [0.3, 0.4) is 0 Å². The predicted molar refractivity (Wildman–Crippen MR) is 115 cm³/mol. The van der Waals surface area contributed by atoms with Gasteiger partial charge in [0.05, 0.1) is 11.2 Å². The summed E-state index contributed by atoms with van der Waals surface area (Å²) in [4.78, 5) is 15.0. The Bertz CT molecular complexity index is 1050. The fourth-order valence-corrected chi connectivity index (χ4v) is 4.00. The maximum absolute atomic E-state index is 13.2. The summed E-state index contributed by atoms with van der Waals surface area (Å²) >= 11 is 0. The van der Waals surface area contributed by atoms with Crippen LogP contribution >= 0.6 is 0 Å². The van der Waals surface area contributed by atoms with Gasteiger partial charge in [-0.25, -0.2) is 4.39 Å². The van der Waals surface area contributed by atoms with E-state index in [-0.39, 0.29) is 11.7 Å². The summed E-state index contributed by atoms with van der Waals surface area (Å²) < 4.78 is 15.4. The van der Waals surface area contributed by atoms with Gasteiger partial charge in [0.25, 0.3) is 5.91 Å². The van der Waals surface area contributed by atoms with Crippen molar-refractivity contribution in [2.45, 2.75) is 20.4 Å². The first kappa shape index (κ1) is 19.5. The molecule has 1 fully saturated rings. The summed E-state index contributed by atoms with van der Waals surface area (Å²) in [7, 11) is 2.05. The molecule has 0 saturated carbocycles. The summed E-state index contributed by atoms with van der Waals surface area (Å²) in [6.07, 6.45) is 0. The lowest BCUT2D eigenvalue weighted by molar-refractivity contribution is 0.0736. The number of aromatic nitrogens is 1. The minimum atomic E-state index is -0.242. The standard InChI is InChI=1S/C23H27FN4O/c1-15-16(2)27(3)22-20(15)12-18(23(29)28-10-8-25-9-11-28)13-21(22)26-14-17-4-6-19(24)7-5-17/h4-7,12-13,25-26H,8-11,14H2,1-3H3. The zero-order valence-electron chi connectivity index (χ0n) is 17.2. The van der Waals surface area contributed by atoms with E-state index in [0.717, 1.165) is 48.3 Å². The SMILES string of the molecule is Cc1c(C)n(C)c2c(NCc3ccc(F)cc3)cc(C(=O)N3CCNCC3)cc12. The smallest absolute Gasteiger partial charge is 0.254 e. The fraction of sp³-hybridized carbons (Fsp3) is 0.348. The molecule has 3 aromatic rings. The number of carbonyl (C=O) groups excluding carboxylic acids is 1. The molecule has 0 unspecified atom stereocenters. The molecule has 0 spiro atoms. The van der Waals surface area contributed by atoms with Crippen LogP contribution < -0.4 is 10.6 Å². The molecular weight excluding hydrogens is 367 g/mol. The maximum Gasteiger partial charge on any atom is 0.254 e. The van der Waals surface area contributed by atoms with Gasteiger partial charge in [-0.2, -0.15) is 0 Å². The van der Waals surface area contributed by atoms with Gasteiger partial charge in [0, 0.05) is 56.4 Å². The number of aryl methyl sites for hydroxylation is 2. The van der Waals surface area contributed by atoms with Gasteiger partial charge in [-0.05, 0) is 49.2 Å². The van der Waals surface area contributed by atoms with Gasteiger partial charge in [0.15, 0.2) is 0 Å². The lowest BCUT2D eigenvalue weighted by Crippen LogP contribution is -2.46. The zero-order valence-corrected chi connectivity index (χ0v) is 17.2. The highest BCUT2D eigenvalue weighted by Crippen LogP contribution is 2.32. The molecule has 6 heteroatoms. The summed E-state index contributed by atoms with van der Waals surface area (Å²) in [5.74, 6) is -0.174. The molecule has 0 atom stereocenters. The third-order valence-corrected chi connectivity index (χ3v) is 5.94. The second-order valence-electron chi connectivity index (χ2n) is 7.71. The predicted octanol–water partition coefficient (Wildman–Crippen LogP) is 3.59. The van der Waals surface area contributed by atoms with Crippen molar-refractivity contribution < 1.29 is 9.18 Å². The Balaban J connectivity index is 1.73. The molecule has 2 N–H and O–H groups in total. The van der Waals surface area contributed by atoms with E-state index in [2.05, 4.69) is 29.0 Å². The number of anilines is 1. The van der Waals surface area contributed by atoms with Gasteiger partial charge < -0.3 is 20.1 Å². The summed E-state index contributed by atoms with van der Waals surface area (Å²) in [5, 5.41) is 7.86. The van der Waals surface area contributed by atoms with E-state index in [9.17, 15) is 9.18 Å². The number of nitrogens with zero attached hydrogens (tertiary/aromatic N) is 2. The van der Waals surface area contributed by atoms with Crippen LogP contribution in [-0.2, 0) is 13.6 Å². The largest absolute Gasteiger partial charge is 0.379 e. The molecule has 0 bridgehead atoms. The Morgan fingerprint density at radius 2 is 1.83 bits per heavy atom. The van der Waals surface area contributed by atoms with Crippen molar-refractivity contribution in [2.75, 3.05) is 31.5 Å². The van der Waals surface area contributed by atoms with Gasteiger partial charge in [-0.3, -0.25) is 4.79 Å². The first-order valence-electron chi connectivity index (χ1n) is 10.0. The van der Waals surface area contributed by atoms with Crippen molar-refractivity contribution in [3.8, 4) is 0 Å². The third-order valence-electron chi connectivity index (χ3n) is 5.94. The highest BCUT2D eigenvalue weighted by Gasteiger charge is 2.21. The van der Waals surface area contributed by atoms with Crippen molar-refractivity contribution in [1.82, 2.24) is 14.8 Å². The number of halogens is 1. The molecule has 0 radical (unpaired) electrons. The summed E-state index contributed by atoms with van der Waals surface area (Å²) in [5.41, 5.74) is 6.05. The van der Waals surface area contributed by atoms with Gasteiger partial charge in [-0.15, -0.1) is 0 Å². The molecule has 2 aromatic carbocycles. The molecule has 29 heavy (non-hydrogen) atoms. The topological polar surface area (TPSA) is 49.3 Å². The molecule has 1 saturated heterocycles. The molecule has 152 valence electrons. The number of fused-ring (bicyclic) bond motifs is 1. The number of carbonyl (C=O) groups is 1. The van der Waals surface area contributed by atoms with E-state index in [1.807, 2.05) is 24.1 Å². The number of hydrogen-bond donors (Lipinski definition) is 2. The summed E-state index contributed by atoms with van der Waals surface area (Å²) in [6.45, 7) is 7.85. The number of benzene rings is 2. The first-order valence-corrected chi connectivity index (χ1v) is 10.0. The molecule has 1 aliphatic heterocycles. The van der Waals surface area contributed by atoms with E-state index < -0.39 is 0 Å². The van der Waals surface area contributed by atoms with Gasteiger partial charge in [0.1, 0.15) is 5.82 Å². The van der Waals surface area contributed by atoms with E-state index >= 15 is 0 Å². The highest BCUT2D eigenvalue weighted by molar-refractivity contribution is 6.04. The second-order valence-corrected chi connectivity index (χ2v) is 7.71. The summed E-state index contributed by atoms with van der Waals surface area (Å²) in [6, 6.07) is 10.5. The van der Waals surface area contributed by atoms with Crippen LogP contribution in [-0.4, -0.2) is 41.6 Å². The minimum absolute atomic E-state index is 0.0686. The van der Waals surface area contributed by atoms with Crippen molar-refractivity contribution >= 4 is 22.5 Å². The first-order chi connectivity index (χ1) is 14.0. The van der Waals surface area contributed by atoms with Gasteiger partial charge >= 0.3 is 0 Å². The zero-order chi connectivity index (χ0) is 20.5. The number of piperazine rings is 1. The van der Waals surface area contributed by atoms with Crippen molar-refractivity contribution in [3.63, 3.8) is 0 Å². The molecule has 5 nitrogen and oxygen atoms in total. The van der Waals surface area contributed by atoms with E-state index in [0.29, 0.717) is 12.1 Å². The Morgan fingerprint density at radius 3 is 2.52 bits per heavy atom. The van der Waals surface area contributed by atoms with Crippen molar-refractivity contribution in [1.29, 1.82) is 0 Å². The minimum Gasteiger partial charge on any atom is -0.379 e. The molecule has 1 aliphatic rings. The van der Waals surface area contributed by atoms with Gasteiger partial charge in [0.2, 0.25) is 0 Å². The molecule has 0 aliphatic carbocycles. The molecule has 1 aromatic heterocycles. The molecule has 2 heterocycles. The fourth-order valence-electron chi connectivity index (χ4n) is 4.00. The van der Waals surface area contributed by atoms with Gasteiger partial charge in [-0.1, -0.05) is 12.1 Å². The molecule has 4 rings (SSSR count). The van der Waals surface area contributed by atoms with Crippen molar-refractivity contribution in [3.05, 3.63) is 64.6 Å². The lowest BCUT2D eigenvalue weighted by Gasteiger charge is -2.27. The number of amides is 1.